The summed E-state index contributed by atoms with van der Waals surface area (Å²) in [5.41, 5.74) is 0. The molecule has 0 aliphatic rings. The molecule has 0 saturated carbocycles. The standard InChI is InChI=1S/C30H58O5/c1-3-5-7-9-11-13-14-15-16-17-18-20-22-24-26-28-30(32)34-35-33-29(31)27-25-23-21-19-12-10-8-6-4-2/h3-28H2,1-2H3. The fraction of sp³-hybridized carbons (Fsp3) is 0.933. The van der Waals surface area contributed by atoms with E-state index in [4.69, 9.17) is 0 Å². The molecule has 0 atom stereocenters. The summed E-state index contributed by atoms with van der Waals surface area (Å²) in [7, 11) is 0. The largest absolute Gasteiger partial charge is 0.346 e. The van der Waals surface area contributed by atoms with Crippen molar-refractivity contribution in [1.82, 2.24) is 0 Å². The van der Waals surface area contributed by atoms with Gasteiger partial charge in [-0.1, -0.05) is 155 Å². The van der Waals surface area contributed by atoms with E-state index in [9.17, 15) is 9.59 Å². The van der Waals surface area contributed by atoms with Gasteiger partial charge in [0.05, 0.1) is 0 Å². The average molecular weight is 499 g/mol. The summed E-state index contributed by atoms with van der Waals surface area (Å²) in [4.78, 5) is 32.3. The highest BCUT2D eigenvalue weighted by molar-refractivity contribution is 5.69. The number of rotatable bonds is 28. The highest BCUT2D eigenvalue weighted by Crippen LogP contribution is 2.14. The van der Waals surface area contributed by atoms with Crippen molar-refractivity contribution in [3.63, 3.8) is 0 Å². The van der Waals surface area contributed by atoms with Crippen LogP contribution in [-0.2, 0) is 24.4 Å². The van der Waals surface area contributed by atoms with E-state index < -0.39 is 11.9 Å². The second-order valence-electron chi connectivity index (χ2n) is 10.3. The van der Waals surface area contributed by atoms with Crippen molar-refractivity contribution in [3.05, 3.63) is 0 Å². The zero-order valence-electron chi connectivity index (χ0n) is 23.4. The quantitative estimate of drug-likeness (QED) is 0.0610. The van der Waals surface area contributed by atoms with Gasteiger partial charge < -0.3 is 0 Å². The predicted molar refractivity (Wildman–Crippen MR) is 145 cm³/mol. The van der Waals surface area contributed by atoms with Crippen LogP contribution in [0.4, 0.5) is 0 Å². The van der Waals surface area contributed by atoms with Gasteiger partial charge >= 0.3 is 11.9 Å². The summed E-state index contributed by atoms with van der Waals surface area (Å²) in [6, 6.07) is 0. The molecular weight excluding hydrogens is 440 g/mol. The molecule has 0 rings (SSSR count). The number of carbonyl (C=O) groups excluding carboxylic acids is 2. The van der Waals surface area contributed by atoms with Gasteiger partial charge in [-0.25, -0.2) is 9.59 Å². The van der Waals surface area contributed by atoms with Gasteiger partial charge in [-0.05, 0) is 12.8 Å². The summed E-state index contributed by atoms with van der Waals surface area (Å²) >= 11 is 0. The first-order chi connectivity index (χ1) is 17.2. The lowest BCUT2D eigenvalue weighted by molar-refractivity contribution is -0.459. The first-order valence-electron chi connectivity index (χ1n) is 15.3. The van der Waals surface area contributed by atoms with E-state index in [-0.39, 0.29) is 0 Å². The Kier molecular flexibility index (Phi) is 28.2. The number of unbranched alkanes of at least 4 members (excludes halogenated alkanes) is 22. The predicted octanol–water partition coefficient (Wildman–Crippen LogP) is 10.1. The number of hydrogen-bond donors (Lipinski definition) is 0. The van der Waals surface area contributed by atoms with Gasteiger partial charge in [-0.2, -0.15) is 0 Å². The first-order valence-corrected chi connectivity index (χ1v) is 15.3. The van der Waals surface area contributed by atoms with Crippen molar-refractivity contribution in [2.24, 2.45) is 0 Å². The molecule has 0 aromatic heterocycles. The van der Waals surface area contributed by atoms with E-state index in [1.54, 1.807) is 0 Å². The van der Waals surface area contributed by atoms with Crippen molar-refractivity contribution < 1.29 is 24.4 Å². The minimum Gasteiger partial charge on any atom is -0.260 e. The lowest BCUT2D eigenvalue weighted by atomic mass is 10.0. The smallest absolute Gasteiger partial charge is 0.260 e. The zero-order chi connectivity index (χ0) is 25.7. The molecule has 0 aliphatic carbocycles. The third kappa shape index (κ3) is 29.0. The molecule has 0 N–H and O–H groups in total. The van der Waals surface area contributed by atoms with E-state index in [1.807, 2.05) is 0 Å². The molecule has 0 aromatic rings. The highest BCUT2D eigenvalue weighted by Gasteiger charge is 2.08. The van der Waals surface area contributed by atoms with Crippen LogP contribution in [0.3, 0.4) is 0 Å². The molecule has 5 nitrogen and oxygen atoms in total. The number of hydrogen-bond acceptors (Lipinski definition) is 5. The minimum atomic E-state index is -0.479. The summed E-state index contributed by atoms with van der Waals surface area (Å²) in [6.45, 7) is 4.50. The van der Waals surface area contributed by atoms with Gasteiger partial charge in [0.2, 0.25) is 0 Å². The fourth-order valence-corrected chi connectivity index (χ4v) is 4.40. The summed E-state index contributed by atoms with van der Waals surface area (Å²) in [5, 5.41) is 4.37. The molecule has 0 heterocycles. The molecule has 208 valence electrons. The first kappa shape index (κ1) is 33.9. The molecule has 0 spiro atoms. The van der Waals surface area contributed by atoms with Crippen molar-refractivity contribution in [2.45, 2.75) is 181 Å². The minimum absolute atomic E-state index is 0.298. The van der Waals surface area contributed by atoms with Crippen LogP contribution in [0.25, 0.3) is 0 Å². The average Bonchev–Trinajstić information content (AvgIpc) is 2.85. The van der Waals surface area contributed by atoms with Gasteiger partial charge in [0.15, 0.2) is 0 Å². The van der Waals surface area contributed by atoms with Crippen LogP contribution < -0.4 is 0 Å². The van der Waals surface area contributed by atoms with Crippen LogP contribution in [0.15, 0.2) is 0 Å². The van der Waals surface area contributed by atoms with Crippen LogP contribution in [0.1, 0.15) is 181 Å². The normalized spacial score (nSPS) is 11.0. The third-order valence-corrected chi connectivity index (χ3v) is 6.72. The van der Waals surface area contributed by atoms with E-state index in [0.717, 1.165) is 38.5 Å². The van der Waals surface area contributed by atoms with Crippen molar-refractivity contribution in [1.29, 1.82) is 0 Å². The molecule has 0 aliphatic heterocycles. The zero-order valence-corrected chi connectivity index (χ0v) is 23.4. The topological polar surface area (TPSA) is 61.8 Å². The van der Waals surface area contributed by atoms with Gasteiger partial charge in [0.1, 0.15) is 0 Å². The van der Waals surface area contributed by atoms with E-state index in [2.05, 4.69) is 28.7 Å². The van der Waals surface area contributed by atoms with Gasteiger partial charge in [-0.3, -0.25) is 9.78 Å². The maximum atomic E-state index is 11.6. The van der Waals surface area contributed by atoms with Crippen LogP contribution in [0.2, 0.25) is 0 Å². The molecule has 0 unspecified atom stereocenters. The SMILES string of the molecule is CCCCCCCCCCCCCCCCCC(=O)OOOC(=O)CCCCCCCCCCC. The second-order valence-corrected chi connectivity index (χ2v) is 10.3. The Bertz CT molecular complexity index is 452. The van der Waals surface area contributed by atoms with E-state index in [1.165, 1.54) is 116 Å². The molecule has 0 fully saturated rings. The molecule has 5 heteroatoms. The summed E-state index contributed by atoms with van der Waals surface area (Å²) in [6.07, 6.45) is 30.6. The Labute approximate surface area is 217 Å². The monoisotopic (exact) mass is 498 g/mol. The molecule has 35 heavy (non-hydrogen) atoms. The van der Waals surface area contributed by atoms with Crippen molar-refractivity contribution in [2.75, 3.05) is 0 Å². The Morgan fingerprint density at radius 3 is 0.857 bits per heavy atom. The molecule has 0 amide bonds. The second kappa shape index (κ2) is 29.1. The maximum absolute atomic E-state index is 11.6. The number of carbonyl (C=O) groups is 2. The Morgan fingerprint density at radius 1 is 0.371 bits per heavy atom. The van der Waals surface area contributed by atoms with Gasteiger partial charge in [0, 0.05) is 17.9 Å². The van der Waals surface area contributed by atoms with E-state index in [0.29, 0.717) is 12.8 Å². The molecule has 0 saturated heterocycles. The Hall–Kier alpha value is -1.10. The molecular formula is C30H58O5. The van der Waals surface area contributed by atoms with E-state index >= 15 is 0 Å². The maximum Gasteiger partial charge on any atom is 0.346 e. The molecule has 0 aromatic carbocycles. The van der Waals surface area contributed by atoms with Crippen molar-refractivity contribution >= 4 is 11.9 Å². The highest BCUT2D eigenvalue weighted by atomic mass is 17.5. The lowest BCUT2D eigenvalue weighted by Crippen LogP contribution is -2.10. The van der Waals surface area contributed by atoms with Gasteiger partial charge in [0.25, 0.3) is 0 Å². The fourth-order valence-electron chi connectivity index (χ4n) is 4.40. The van der Waals surface area contributed by atoms with Crippen molar-refractivity contribution in [3.8, 4) is 0 Å². The Balaban J connectivity index is 3.27. The Morgan fingerprint density at radius 2 is 0.600 bits per heavy atom. The molecule has 0 bridgehead atoms. The van der Waals surface area contributed by atoms with Crippen LogP contribution in [0, 0.1) is 0 Å². The lowest BCUT2D eigenvalue weighted by Gasteiger charge is -2.04. The van der Waals surface area contributed by atoms with Crippen LogP contribution in [0.5, 0.6) is 0 Å². The summed E-state index contributed by atoms with van der Waals surface area (Å²) in [5.74, 6) is -0.955. The third-order valence-electron chi connectivity index (χ3n) is 6.72. The van der Waals surface area contributed by atoms with Crippen LogP contribution >= 0.6 is 0 Å². The summed E-state index contributed by atoms with van der Waals surface area (Å²) < 4.78 is 0. The van der Waals surface area contributed by atoms with Crippen LogP contribution in [-0.4, -0.2) is 11.9 Å². The van der Waals surface area contributed by atoms with Gasteiger partial charge in [-0.15, -0.1) is 0 Å². The molecule has 0 radical (unpaired) electrons.